The van der Waals surface area contributed by atoms with Gasteiger partial charge in [0.05, 0.1) is 6.54 Å². The molecule has 0 aromatic rings. The zero-order valence-electron chi connectivity index (χ0n) is 11.6. The average molecular weight is 253 g/mol. The summed E-state index contributed by atoms with van der Waals surface area (Å²) >= 11 is 0. The molecule has 18 heavy (non-hydrogen) atoms. The third kappa shape index (κ3) is 3.69. The minimum Gasteiger partial charge on any atom is -0.342 e. The van der Waals surface area contributed by atoms with Crippen LogP contribution in [0.4, 0.5) is 0 Å². The van der Waals surface area contributed by atoms with Gasteiger partial charge in [-0.25, -0.2) is 0 Å². The van der Waals surface area contributed by atoms with Gasteiger partial charge in [-0.05, 0) is 25.7 Å². The Labute approximate surface area is 110 Å². The Morgan fingerprint density at radius 2 is 1.78 bits per heavy atom. The molecule has 0 atom stereocenters. The minimum absolute atomic E-state index is 0.289. The lowest BCUT2D eigenvalue weighted by molar-refractivity contribution is -0.134. The second-order valence-electron chi connectivity index (χ2n) is 5.91. The molecular weight excluding hydrogens is 226 g/mol. The number of likely N-dealkylation sites (N-methyl/N-ethyl adjacent to an activating group) is 1. The molecule has 2 fully saturated rings. The molecule has 1 amide bonds. The lowest BCUT2D eigenvalue weighted by Crippen LogP contribution is -2.47. The summed E-state index contributed by atoms with van der Waals surface area (Å²) in [7, 11) is 1.98. The number of piperidine rings is 1. The lowest BCUT2D eigenvalue weighted by atomic mass is 9.94. The zero-order valence-corrected chi connectivity index (χ0v) is 11.6. The van der Waals surface area contributed by atoms with Gasteiger partial charge in [0.1, 0.15) is 0 Å². The molecule has 1 saturated carbocycles. The normalized spacial score (nSPS) is 24.1. The maximum absolute atomic E-state index is 12.2. The molecule has 0 aromatic carbocycles. The van der Waals surface area contributed by atoms with Crippen molar-refractivity contribution in [2.75, 3.05) is 26.7 Å². The quantitative estimate of drug-likeness (QED) is 0.822. The Kier molecular flexibility index (Phi) is 5.01. The maximum Gasteiger partial charge on any atom is 0.236 e. The number of rotatable bonds is 3. The summed E-state index contributed by atoms with van der Waals surface area (Å²) in [5.74, 6) is 0.289. The van der Waals surface area contributed by atoms with Crippen molar-refractivity contribution in [1.82, 2.24) is 9.80 Å². The number of nitrogens with two attached hydrogens (primary N) is 1. The Morgan fingerprint density at radius 3 is 2.39 bits per heavy atom. The highest BCUT2D eigenvalue weighted by Crippen LogP contribution is 2.21. The second kappa shape index (κ2) is 6.53. The van der Waals surface area contributed by atoms with Crippen LogP contribution in [0.2, 0.25) is 0 Å². The second-order valence-corrected chi connectivity index (χ2v) is 5.91. The van der Waals surface area contributed by atoms with Gasteiger partial charge in [0, 0.05) is 32.2 Å². The average Bonchev–Trinajstić information content (AvgIpc) is 2.41. The highest BCUT2D eigenvalue weighted by Gasteiger charge is 2.24. The van der Waals surface area contributed by atoms with Crippen LogP contribution in [0.25, 0.3) is 0 Å². The van der Waals surface area contributed by atoms with E-state index >= 15 is 0 Å². The molecule has 0 radical (unpaired) electrons. The first-order valence-electron chi connectivity index (χ1n) is 7.40. The Bertz CT molecular complexity index is 268. The molecule has 1 saturated heterocycles. The van der Waals surface area contributed by atoms with Gasteiger partial charge in [-0.1, -0.05) is 19.3 Å². The van der Waals surface area contributed by atoms with E-state index in [2.05, 4.69) is 4.90 Å². The van der Waals surface area contributed by atoms with Crippen molar-refractivity contribution >= 4 is 5.91 Å². The predicted octanol–water partition coefficient (Wildman–Crippen LogP) is 1.20. The Balaban J connectivity index is 1.76. The number of amides is 1. The summed E-state index contributed by atoms with van der Waals surface area (Å²) in [5.41, 5.74) is 5.88. The number of hydrogen-bond acceptors (Lipinski definition) is 3. The Morgan fingerprint density at radius 1 is 1.17 bits per heavy atom. The topological polar surface area (TPSA) is 49.6 Å². The fourth-order valence-corrected chi connectivity index (χ4v) is 3.09. The van der Waals surface area contributed by atoms with Crippen LogP contribution >= 0.6 is 0 Å². The van der Waals surface area contributed by atoms with E-state index in [1.165, 1.54) is 32.1 Å². The summed E-state index contributed by atoms with van der Waals surface area (Å²) in [5, 5.41) is 0. The molecule has 2 aliphatic rings. The Hall–Kier alpha value is -0.610. The zero-order chi connectivity index (χ0) is 13.0. The minimum atomic E-state index is 0.289. The number of hydrogen-bond donors (Lipinski definition) is 1. The van der Waals surface area contributed by atoms with E-state index in [1.807, 2.05) is 11.9 Å². The van der Waals surface area contributed by atoms with Crippen molar-refractivity contribution in [2.45, 2.75) is 57.0 Å². The summed E-state index contributed by atoms with van der Waals surface area (Å²) in [6, 6.07) is 0.825. The lowest BCUT2D eigenvalue weighted by Gasteiger charge is -2.34. The standard InChI is InChI=1S/C14H27N3O/c1-16(13-5-3-2-4-6-13)14(18)11-17-9-7-12(15)8-10-17/h12-13H,2-11,15H2,1H3. The van der Waals surface area contributed by atoms with Crippen LogP contribution in [0.1, 0.15) is 44.9 Å². The van der Waals surface area contributed by atoms with Gasteiger partial charge in [-0.3, -0.25) is 9.69 Å². The largest absolute Gasteiger partial charge is 0.342 e. The maximum atomic E-state index is 12.2. The van der Waals surface area contributed by atoms with Crippen LogP contribution in [-0.4, -0.2) is 54.5 Å². The molecule has 1 aliphatic carbocycles. The van der Waals surface area contributed by atoms with Crippen LogP contribution < -0.4 is 5.73 Å². The van der Waals surface area contributed by atoms with Gasteiger partial charge < -0.3 is 10.6 Å². The molecule has 1 heterocycles. The fraction of sp³-hybridized carbons (Fsp3) is 0.929. The van der Waals surface area contributed by atoms with Crippen molar-refractivity contribution in [3.63, 3.8) is 0 Å². The van der Waals surface area contributed by atoms with Gasteiger partial charge in [0.15, 0.2) is 0 Å². The van der Waals surface area contributed by atoms with Crippen LogP contribution in [-0.2, 0) is 4.79 Å². The van der Waals surface area contributed by atoms with Crippen molar-refractivity contribution < 1.29 is 4.79 Å². The molecule has 104 valence electrons. The van der Waals surface area contributed by atoms with Crippen LogP contribution in [0.5, 0.6) is 0 Å². The van der Waals surface area contributed by atoms with Gasteiger partial charge in [-0.2, -0.15) is 0 Å². The molecule has 2 N–H and O–H groups in total. The van der Waals surface area contributed by atoms with Gasteiger partial charge in [0.25, 0.3) is 0 Å². The highest BCUT2D eigenvalue weighted by molar-refractivity contribution is 5.78. The summed E-state index contributed by atoms with van der Waals surface area (Å²) < 4.78 is 0. The molecule has 4 nitrogen and oxygen atoms in total. The first-order chi connectivity index (χ1) is 8.66. The molecule has 0 unspecified atom stereocenters. The third-order valence-corrected chi connectivity index (χ3v) is 4.51. The summed E-state index contributed by atoms with van der Waals surface area (Å²) in [6.07, 6.45) is 8.32. The first kappa shape index (κ1) is 13.8. The SMILES string of the molecule is CN(C(=O)CN1CCC(N)CC1)C1CCCCC1. The van der Waals surface area contributed by atoms with Crippen LogP contribution in [0, 0.1) is 0 Å². The molecule has 0 aromatic heterocycles. The summed E-state index contributed by atoms with van der Waals surface area (Å²) in [6.45, 7) is 2.54. The number of carbonyl (C=O) groups is 1. The molecule has 0 bridgehead atoms. The van der Waals surface area contributed by atoms with E-state index < -0.39 is 0 Å². The van der Waals surface area contributed by atoms with E-state index in [0.717, 1.165) is 25.9 Å². The monoisotopic (exact) mass is 253 g/mol. The van der Waals surface area contributed by atoms with E-state index in [0.29, 0.717) is 18.6 Å². The first-order valence-corrected chi connectivity index (χ1v) is 7.40. The van der Waals surface area contributed by atoms with E-state index in [1.54, 1.807) is 0 Å². The van der Waals surface area contributed by atoms with E-state index in [4.69, 9.17) is 5.73 Å². The van der Waals surface area contributed by atoms with E-state index in [-0.39, 0.29) is 5.91 Å². The van der Waals surface area contributed by atoms with Crippen LogP contribution in [0.3, 0.4) is 0 Å². The number of carbonyl (C=O) groups excluding carboxylic acids is 1. The molecule has 4 heteroatoms. The molecule has 2 rings (SSSR count). The van der Waals surface area contributed by atoms with Crippen molar-refractivity contribution in [2.24, 2.45) is 5.73 Å². The molecular formula is C14H27N3O. The van der Waals surface area contributed by atoms with Crippen molar-refractivity contribution in [3.05, 3.63) is 0 Å². The van der Waals surface area contributed by atoms with Gasteiger partial charge >= 0.3 is 0 Å². The molecule has 0 spiro atoms. The molecule has 1 aliphatic heterocycles. The van der Waals surface area contributed by atoms with Crippen LogP contribution in [0.15, 0.2) is 0 Å². The third-order valence-electron chi connectivity index (χ3n) is 4.51. The number of nitrogens with zero attached hydrogens (tertiary/aromatic N) is 2. The van der Waals surface area contributed by atoms with Crippen molar-refractivity contribution in [3.8, 4) is 0 Å². The smallest absolute Gasteiger partial charge is 0.236 e. The number of likely N-dealkylation sites (tertiary alicyclic amines) is 1. The van der Waals surface area contributed by atoms with Crippen molar-refractivity contribution in [1.29, 1.82) is 0 Å². The van der Waals surface area contributed by atoms with E-state index in [9.17, 15) is 4.79 Å². The fourth-order valence-electron chi connectivity index (χ4n) is 3.09. The summed E-state index contributed by atoms with van der Waals surface area (Å²) in [4.78, 5) is 16.5. The van der Waals surface area contributed by atoms with Gasteiger partial charge in [0.2, 0.25) is 5.91 Å². The predicted molar refractivity (Wildman–Crippen MR) is 73.3 cm³/mol. The van der Waals surface area contributed by atoms with Gasteiger partial charge in [-0.15, -0.1) is 0 Å². The highest BCUT2D eigenvalue weighted by atomic mass is 16.2.